The van der Waals surface area contributed by atoms with Crippen LogP contribution in [0.1, 0.15) is 20.2 Å². The highest BCUT2D eigenvalue weighted by Gasteiger charge is 2.24. The molecule has 21 heavy (non-hydrogen) atoms. The Bertz CT molecular complexity index is 599. The van der Waals surface area contributed by atoms with Crippen molar-refractivity contribution in [2.24, 2.45) is 0 Å². The summed E-state index contributed by atoms with van der Waals surface area (Å²) in [6, 6.07) is 7.12. The average molecular weight is 304 g/mol. The molecule has 2 aromatic rings. The average Bonchev–Trinajstić information content (AvgIpc) is 3.20. The van der Waals surface area contributed by atoms with Crippen LogP contribution in [0, 0.1) is 0 Å². The van der Waals surface area contributed by atoms with Gasteiger partial charge in [-0.15, -0.1) is 11.3 Å². The molecule has 1 aliphatic heterocycles. The number of furan rings is 1. The quantitative estimate of drug-likeness (QED) is 0.811. The van der Waals surface area contributed by atoms with Crippen molar-refractivity contribution in [1.82, 2.24) is 9.80 Å². The molecule has 0 atom stereocenters. The molecule has 5 nitrogen and oxygen atoms in total. The maximum Gasteiger partial charge on any atom is 0.289 e. The van der Waals surface area contributed by atoms with E-state index in [1.807, 2.05) is 17.5 Å². The number of ketones is 1. The molecular formula is C15H16N2O3S. The first-order chi connectivity index (χ1) is 10.2. The lowest BCUT2D eigenvalue weighted by Crippen LogP contribution is -2.49. The zero-order valence-corrected chi connectivity index (χ0v) is 12.3. The van der Waals surface area contributed by atoms with E-state index in [1.54, 1.807) is 17.0 Å². The van der Waals surface area contributed by atoms with Crippen LogP contribution < -0.4 is 0 Å². The van der Waals surface area contributed by atoms with E-state index >= 15 is 0 Å². The predicted octanol–water partition coefficient (Wildman–Crippen LogP) is 1.98. The molecule has 0 bridgehead atoms. The number of nitrogens with zero attached hydrogens (tertiary/aromatic N) is 2. The van der Waals surface area contributed by atoms with Crippen LogP contribution >= 0.6 is 11.3 Å². The molecule has 3 heterocycles. The summed E-state index contributed by atoms with van der Waals surface area (Å²) < 4.78 is 5.13. The van der Waals surface area contributed by atoms with E-state index in [1.165, 1.54) is 17.6 Å². The van der Waals surface area contributed by atoms with Crippen molar-refractivity contribution >= 4 is 23.0 Å². The van der Waals surface area contributed by atoms with Gasteiger partial charge < -0.3 is 9.32 Å². The summed E-state index contributed by atoms with van der Waals surface area (Å²) in [5.74, 6) is 0.443. The van der Waals surface area contributed by atoms with Crippen LogP contribution in [0.25, 0.3) is 0 Å². The van der Waals surface area contributed by atoms with Crippen molar-refractivity contribution in [2.45, 2.75) is 0 Å². The third-order valence-corrected chi connectivity index (χ3v) is 4.47. The van der Waals surface area contributed by atoms with Gasteiger partial charge in [0.2, 0.25) is 0 Å². The second kappa shape index (κ2) is 6.24. The van der Waals surface area contributed by atoms with Crippen LogP contribution in [0.2, 0.25) is 0 Å². The van der Waals surface area contributed by atoms with Crippen molar-refractivity contribution in [2.75, 3.05) is 32.7 Å². The van der Waals surface area contributed by atoms with Crippen LogP contribution in [0.3, 0.4) is 0 Å². The minimum Gasteiger partial charge on any atom is -0.459 e. The third kappa shape index (κ3) is 3.22. The molecule has 110 valence electrons. The third-order valence-electron chi connectivity index (χ3n) is 3.55. The van der Waals surface area contributed by atoms with Crippen molar-refractivity contribution in [3.8, 4) is 0 Å². The van der Waals surface area contributed by atoms with E-state index in [2.05, 4.69) is 4.90 Å². The highest BCUT2D eigenvalue weighted by Crippen LogP contribution is 2.12. The number of Topliss-reactive ketones (excluding diaryl/α,β-unsaturated/α-hetero) is 1. The fourth-order valence-corrected chi connectivity index (χ4v) is 3.04. The van der Waals surface area contributed by atoms with Crippen LogP contribution in [-0.2, 0) is 0 Å². The van der Waals surface area contributed by atoms with E-state index in [9.17, 15) is 9.59 Å². The van der Waals surface area contributed by atoms with Crippen LogP contribution in [0.4, 0.5) is 0 Å². The highest BCUT2D eigenvalue weighted by atomic mass is 32.1. The molecule has 0 aliphatic carbocycles. The number of carbonyl (C=O) groups is 2. The van der Waals surface area contributed by atoms with Gasteiger partial charge in [-0.1, -0.05) is 6.07 Å². The Morgan fingerprint density at radius 1 is 1.14 bits per heavy atom. The largest absolute Gasteiger partial charge is 0.459 e. The zero-order valence-electron chi connectivity index (χ0n) is 11.5. The minimum atomic E-state index is -0.0794. The first kappa shape index (κ1) is 14.0. The van der Waals surface area contributed by atoms with Gasteiger partial charge in [0.05, 0.1) is 17.7 Å². The molecule has 2 aromatic heterocycles. The summed E-state index contributed by atoms with van der Waals surface area (Å²) >= 11 is 1.47. The molecular weight excluding hydrogens is 288 g/mol. The normalized spacial score (nSPS) is 16.1. The lowest BCUT2D eigenvalue weighted by Gasteiger charge is -2.33. The molecule has 0 spiro atoms. The molecule has 3 rings (SSSR count). The first-order valence-corrected chi connectivity index (χ1v) is 7.74. The van der Waals surface area contributed by atoms with Gasteiger partial charge in [-0.05, 0) is 23.6 Å². The van der Waals surface area contributed by atoms with Crippen LogP contribution in [-0.4, -0.2) is 54.2 Å². The fourth-order valence-electron chi connectivity index (χ4n) is 2.38. The summed E-state index contributed by atoms with van der Waals surface area (Å²) in [6.45, 7) is 3.09. The molecule has 0 saturated carbocycles. The van der Waals surface area contributed by atoms with Gasteiger partial charge in [0.15, 0.2) is 11.5 Å². The van der Waals surface area contributed by atoms with E-state index < -0.39 is 0 Å². The molecule has 0 unspecified atom stereocenters. The number of thiophene rings is 1. The monoisotopic (exact) mass is 304 g/mol. The van der Waals surface area contributed by atoms with E-state index in [4.69, 9.17) is 4.42 Å². The highest BCUT2D eigenvalue weighted by molar-refractivity contribution is 7.12. The summed E-state index contributed by atoms with van der Waals surface area (Å²) in [7, 11) is 0. The minimum absolute atomic E-state index is 0.0794. The van der Waals surface area contributed by atoms with Gasteiger partial charge in [-0.2, -0.15) is 0 Å². The number of carbonyl (C=O) groups excluding carboxylic acids is 2. The second-order valence-corrected chi connectivity index (χ2v) is 5.89. The standard InChI is InChI=1S/C15H16N2O3S/c18-12(14-4-2-10-21-14)11-16-5-7-17(8-6-16)15(19)13-3-1-9-20-13/h1-4,9-10H,5-8,11H2. The Labute approximate surface area is 126 Å². The smallest absolute Gasteiger partial charge is 0.289 e. The lowest BCUT2D eigenvalue weighted by atomic mass is 10.2. The van der Waals surface area contributed by atoms with Gasteiger partial charge in [-0.3, -0.25) is 14.5 Å². The number of amides is 1. The molecule has 0 N–H and O–H groups in total. The Morgan fingerprint density at radius 3 is 2.57 bits per heavy atom. The molecule has 1 amide bonds. The summed E-state index contributed by atoms with van der Waals surface area (Å²) in [6.07, 6.45) is 1.50. The topological polar surface area (TPSA) is 53.8 Å². The Morgan fingerprint density at radius 2 is 1.95 bits per heavy atom. The van der Waals surface area contributed by atoms with Crippen molar-refractivity contribution in [1.29, 1.82) is 0 Å². The number of rotatable bonds is 4. The number of hydrogen-bond donors (Lipinski definition) is 0. The molecule has 1 fully saturated rings. The van der Waals surface area contributed by atoms with Crippen LogP contribution in [0.5, 0.6) is 0 Å². The number of piperazine rings is 1. The maximum atomic E-state index is 12.1. The summed E-state index contributed by atoms with van der Waals surface area (Å²) in [5, 5.41) is 1.91. The van der Waals surface area contributed by atoms with Gasteiger partial charge in [-0.25, -0.2) is 0 Å². The fraction of sp³-hybridized carbons (Fsp3) is 0.333. The molecule has 1 saturated heterocycles. The van der Waals surface area contributed by atoms with Crippen molar-refractivity contribution in [3.63, 3.8) is 0 Å². The Hall–Kier alpha value is -1.92. The van der Waals surface area contributed by atoms with E-state index in [-0.39, 0.29) is 11.7 Å². The van der Waals surface area contributed by atoms with Gasteiger partial charge in [0.1, 0.15) is 0 Å². The Kier molecular flexibility index (Phi) is 4.17. The van der Waals surface area contributed by atoms with E-state index in [0.29, 0.717) is 38.5 Å². The SMILES string of the molecule is O=C(CN1CCN(C(=O)c2ccco2)CC1)c1cccs1. The maximum absolute atomic E-state index is 12.1. The predicted molar refractivity (Wildman–Crippen MR) is 79.7 cm³/mol. The van der Waals surface area contributed by atoms with Crippen LogP contribution in [0.15, 0.2) is 40.3 Å². The molecule has 6 heteroatoms. The van der Waals surface area contributed by atoms with Crippen molar-refractivity contribution in [3.05, 3.63) is 46.5 Å². The number of hydrogen-bond acceptors (Lipinski definition) is 5. The van der Waals surface area contributed by atoms with E-state index in [0.717, 1.165) is 4.88 Å². The first-order valence-electron chi connectivity index (χ1n) is 6.86. The lowest BCUT2D eigenvalue weighted by molar-refractivity contribution is 0.0596. The molecule has 0 radical (unpaired) electrons. The zero-order chi connectivity index (χ0) is 14.7. The second-order valence-electron chi connectivity index (χ2n) is 4.95. The summed E-state index contributed by atoms with van der Waals surface area (Å²) in [4.78, 5) is 28.8. The summed E-state index contributed by atoms with van der Waals surface area (Å²) in [5.41, 5.74) is 0. The van der Waals surface area contributed by atoms with Crippen molar-refractivity contribution < 1.29 is 14.0 Å². The molecule has 1 aliphatic rings. The molecule has 0 aromatic carbocycles. The Balaban J connectivity index is 1.51. The van der Waals surface area contributed by atoms with Gasteiger partial charge in [0.25, 0.3) is 5.91 Å². The van der Waals surface area contributed by atoms with Gasteiger partial charge in [0, 0.05) is 26.2 Å². The van der Waals surface area contributed by atoms with Gasteiger partial charge >= 0.3 is 0 Å².